The van der Waals surface area contributed by atoms with Gasteiger partial charge in [0.05, 0.1) is 17.0 Å². The Kier molecular flexibility index (Phi) is 7.20. The van der Waals surface area contributed by atoms with E-state index in [0.29, 0.717) is 17.7 Å². The van der Waals surface area contributed by atoms with Crippen LogP contribution in [0.5, 0.6) is 0 Å². The van der Waals surface area contributed by atoms with Crippen molar-refractivity contribution in [1.82, 2.24) is 4.90 Å². The Morgan fingerprint density at radius 2 is 1.67 bits per heavy atom. The molecule has 1 fully saturated rings. The zero-order valence-electron chi connectivity index (χ0n) is 19.9. The van der Waals surface area contributed by atoms with E-state index in [9.17, 15) is 9.59 Å². The third-order valence-corrected chi connectivity index (χ3v) is 7.17. The van der Waals surface area contributed by atoms with Crippen molar-refractivity contribution >= 4 is 50.5 Å². The summed E-state index contributed by atoms with van der Waals surface area (Å²) in [7, 11) is 0. The normalized spacial score (nSPS) is 16.5. The SMILES string of the molecule is O=C(O)CCc1ccc(C(Nc2ccc(CN3CCCC3)cc2)=C2C(=O)Nc3cc(Br)ccc32)cc1. The number of benzene rings is 3. The number of halogens is 1. The van der Waals surface area contributed by atoms with Crippen LogP contribution in [0.15, 0.2) is 71.2 Å². The minimum absolute atomic E-state index is 0.0833. The third-order valence-electron chi connectivity index (χ3n) is 6.67. The van der Waals surface area contributed by atoms with Gasteiger partial charge in [0.15, 0.2) is 0 Å². The number of fused-ring (bicyclic) bond motifs is 1. The Labute approximate surface area is 219 Å². The fourth-order valence-electron chi connectivity index (χ4n) is 4.80. The highest BCUT2D eigenvalue weighted by Gasteiger charge is 2.28. The summed E-state index contributed by atoms with van der Waals surface area (Å²) in [5.74, 6) is -0.978. The van der Waals surface area contributed by atoms with Crippen LogP contribution in [0.3, 0.4) is 0 Å². The average Bonchev–Trinajstić information content (AvgIpc) is 3.49. The number of hydrogen-bond acceptors (Lipinski definition) is 4. The summed E-state index contributed by atoms with van der Waals surface area (Å²) in [6.45, 7) is 3.27. The van der Waals surface area contributed by atoms with Crippen LogP contribution in [-0.4, -0.2) is 35.0 Å². The lowest BCUT2D eigenvalue weighted by Gasteiger charge is -2.17. The molecule has 3 aromatic carbocycles. The van der Waals surface area contributed by atoms with Gasteiger partial charge in [0, 0.05) is 28.7 Å². The van der Waals surface area contributed by atoms with Crippen molar-refractivity contribution in [2.24, 2.45) is 0 Å². The van der Waals surface area contributed by atoms with E-state index >= 15 is 0 Å². The van der Waals surface area contributed by atoms with E-state index in [1.807, 2.05) is 42.5 Å². The number of carbonyl (C=O) groups excluding carboxylic acids is 1. The average molecular weight is 546 g/mol. The van der Waals surface area contributed by atoms with E-state index in [1.165, 1.54) is 18.4 Å². The zero-order valence-corrected chi connectivity index (χ0v) is 21.5. The van der Waals surface area contributed by atoms with Crippen molar-refractivity contribution in [3.05, 3.63) is 93.5 Å². The largest absolute Gasteiger partial charge is 0.481 e. The molecule has 2 aliphatic rings. The van der Waals surface area contributed by atoms with Gasteiger partial charge < -0.3 is 15.7 Å². The Morgan fingerprint density at radius 1 is 0.972 bits per heavy atom. The Balaban J connectivity index is 1.48. The standard InChI is InChI=1S/C29H28BrN3O3/c30-22-10-13-24-25(17-22)32-29(36)27(24)28(21-8-3-19(4-9-21)7-14-26(34)35)31-23-11-5-20(6-12-23)18-33-15-1-2-16-33/h3-6,8-13,17,31H,1-2,7,14-16,18H2,(H,32,36)(H,34,35). The van der Waals surface area contributed by atoms with Crippen LogP contribution in [0, 0.1) is 0 Å². The summed E-state index contributed by atoms with van der Waals surface area (Å²) in [5.41, 5.74) is 6.87. The molecule has 7 heteroatoms. The molecule has 3 N–H and O–H groups in total. The van der Waals surface area contributed by atoms with E-state index in [4.69, 9.17) is 5.11 Å². The van der Waals surface area contributed by atoms with E-state index < -0.39 is 5.97 Å². The predicted molar refractivity (Wildman–Crippen MR) is 147 cm³/mol. The second-order valence-electron chi connectivity index (χ2n) is 9.29. The second kappa shape index (κ2) is 10.7. The highest BCUT2D eigenvalue weighted by Crippen LogP contribution is 2.39. The molecule has 36 heavy (non-hydrogen) atoms. The lowest BCUT2D eigenvalue weighted by atomic mass is 9.98. The highest BCUT2D eigenvalue weighted by atomic mass is 79.9. The lowest BCUT2D eigenvalue weighted by Crippen LogP contribution is -2.18. The molecular formula is C29H28BrN3O3. The van der Waals surface area contributed by atoms with E-state index in [-0.39, 0.29) is 12.3 Å². The molecule has 0 atom stereocenters. The number of rotatable bonds is 8. The van der Waals surface area contributed by atoms with Crippen LogP contribution in [0.4, 0.5) is 11.4 Å². The van der Waals surface area contributed by atoms with Gasteiger partial charge in [-0.05, 0) is 73.3 Å². The number of carbonyl (C=O) groups is 2. The fraction of sp³-hybridized carbons (Fsp3) is 0.241. The first-order valence-corrected chi connectivity index (χ1v) is 13.0. The molecule has 2 aliphatic heterocycles. The van der Waals surface area contributed by atoms with Gasteiger partial charge in [-0.1, -0.05) is 58.4 Å². The lowest BCUT2D eigenvalue weighted by molar-refractivity contribution is -0.137. The molecule has 184 valence electrons. The van der Waals surface area contributed by atoms with Crippen molar-refractivity contribution in [3.8, 4) is 0 Å². The molecule has 2 heterocycles. The molecule has 0 aromatic heterocycles. The van der Waals surface area contributed by atoms with Gasteiger partial charge in [-0.25, -0.2) is 0 Å². The summed E-state index contributed by atoms with van der Waals surface area (Å²) in [5, 5.41) is 15.5. The number of hydrogen-bond donors (Lipinski definition) is 3. The molecule has 1 amide bonds. The van der Waals surface area contributed by atoms with Crippen molar-refractivity contribution in [2.75, 3.05) is 23.7 Å². The van der Waals surface area contributed by atoms with E-state index in [0.717, 1.165) is 52.2 Å². The Morgan fingerprint density at radius 3 is 2.36 bits per heavy atom. The third kappa shape index (κ3) is 5.53. The zero-order chi connectivity index (χ0) is 25.1. The number of aliphatic carboxylic acids is 1. The van der Waals surface area contributed by atoms with Gasteiger partial charge in [0.2, 0.25) is 0 Å². The number of amides is 1. The fourth-order valence-corrected chi connectivity index (χ4v) is 5.16. The topological polar surface area (TPSA) is 81.7 Å². The summed E-state index contributed by atoms with van der Waals surface area (Å²) in [6.07, 6.45) is 3.09. The first kappa shape index (κ1) is 24.3. The molecule has 0 bridgehead atoms. The maximum atomic E-state index is 13.1. The molecule has 0 saturated carbocycles. The molecule has 6 nitrogen and oxygen atoms in total. The molecule has 3 aromatic rings. The number of anilines is 2. The van der Waals surface area contributed by atoms with Crippen LogP contribution in [0.1, 0.15) is 41.5 Å². The maximum Gasteiger partial charge on any atom is 0.303 e. The van der Waals surface area contributed by atoms with Gasteiger partial charge in [0.1, 0.15) is 0 Å². The molecule has 0 aliphatic carbocycles. The number of likely N-dealkylation sites (tertiary alicyclic amines) is 1. The van der Waals surface area contributed by atoms with Gasteiger partial charge in [-0.15, -0.1) is 0 Å². The minimum Gasteiger partial charge on any atom is -0.481 e. The molecule has 1 saturated heterocycles. The van der Waals surface area contributed by atoms with Crippen molar-refractivity contribution < 1.29 is 14.7 Å². The van der Waals surface area contributed by atoms with Gasteiger partial charge in [0.25, 0.3) is 5.91 Å². The number of carboxylic acid groups (broad SMARTS) is 1. The molecular weight excluding hydrogens is 518 g/mol. The number of aryl methyl sites for hydroxylation is 1. The van der Waals surface area contributed by atoms with E-state index in [1.54, 1.807) is 0 Å². The van der Waals surface area contributed by atoms with Crippen LogP contribution in [0.2, 0.25) is 0 Å². The second-order valence-corrected chi connectivity index (χ2v) is 10.2. The molecule has 0 spiro atoms. The monoisotopic (exact) mass is 545 g/mol. The summed E-state index contributed by atoms with van der Waals surface area (Å²) in [4.78, 5) is 26.6. The number of nitrogens with zero attached hydrogens (tertiary/aromatic N) is 1. The molecule has 0 unspecified atom stereocenters. The molecule has 5 rings (SSSR count). The van der Waals surface area contributed by atoms with Crippen LogP contribution in [0.25, 0.3) is 11.3 Å². The van der Waals surface area contributed by atoms with Crippen molar-refractivity contribution in [2.45, 2.75) is 32.2 Å². The quantitative estimate of drug-likeness (QED) is 0.302. The summed E-state index contributed by atoms with van der Waals surface area (Å²) >= 11 is 3.48. The smallest absolute Gasteiger partial charge is 0.303 e. The van der Waals surface area contributed by atoms with E-state index in [2.05, 4.69) is 55.7 Å². The maximum absolute atomic E-state index is 13.1. The minimum atomic E-state index is -0.817. The van der Waals surface area contributed by atoms with Crippen LogP contribution >= 0.6 is 15.9 Å². The number of nitrogens with one attached hydrogen (secondary N) is 2. The number of carboxylic acids is 1. The summed E-state index contributed by atoms with van der Waals surface area (Å²) < 4.78 is 0.897. The summed E-state index contributed by atoms with van der Waals surface area (Å²) in [6, 6.07) is 21.9. The van der Waals surface area contributed by atoms with Crippen LogP contribution < -0.4 is 10.6 Å². The van der Waals surface area contributed by atoms with Crippen molar-refractivity contribution in [3.63, 3.8) is 0 Å². The van der Waals surface area contributed by atoms with Gasteiger partial charge >= 0.3 is 5.97 Å². The first-order valence-electron chi connectivity index (χ1n) is 12.2. The highest BCUT2D eigenvalue weighted by molar-refractivity contribution is 9.10. The van der Waals surface area contributed by atoms with Crippen LogP contribution in [-0.2, 0) is 22.6 Å². The molecule has 0 radical (unpaired) electrons. The Hall–Kier alpha value is -3.42. The van der Waals surface area contributed by atoms with Crippen molar-refractivity contribution in [1.29, 1.82) is 0 Å². The predicted octanol–water partition coefficient (Wildman–Crippen LogP) is 5.99. The Bertz CT molecular complexity index is 1310. The van der Waals surface area contributed by atoms with Gasteiger partial charge in [-0.3, -0.25) is 14.5 Å². The first-order chi connectivity index (χ1) is 17.5. The van der Waals surface area contributed by atoms with Gasteiger partial charge in [-0.2, -0.15) is 0 Å².